The van der Waals surface area contributed by atoms with Gasteiger partial charge in [0.25, 0.3) is 0 Å². The van der Waals surface area contributed by atoms with E-state index < -0.39 is 0 Å². The first kappa shape index (κ1) is 10.7. The fourth-order valence-corrected chi connectivity index (χ4v) is 1.92. The van der Waals surface area contributed by atoms with E-state index in [1.54, 1.807) is 0 Å². The summed E-state index contributed by atoms with van der Waals surface area (Å²) in [6, 6.07) is 7.71. The molecule has 1 aliphatic rings. The van der Waals surface area contributed by atoms with Gasteiger partial charge < -0.3 is 10.6 Å². The Kier molecular flexibility index (Phi) is 3.18. The average Bonchev–Trinajstić information content (AvgIpc) is 2.30. The SMILES string of the molecule is N#CCC(=O)Nc1cccc2c1CCNC2. The predicted molar refractivity (Wildman–Crippen MR) is 60.7 cm³/mol. The highest BCUT2D eigenvalue weighted by Gasteiger charge is 2.13. The topological polar surface area (TPSA) is 64.9 Å². The van der Waals surface area contributed by atoms with Gasteiger partial charge in [0.05, 0.1) is 6.07 Å². The van der Waals surface area contributed by atoms with E-state index in [4.69, 9.17) is 5.26 Å². The Bertz CT molecular complexity index is 448. The summed E-state index contributed by atoms with van der Waals surface area (Å²) in [5.74, 6) is -0.241. The Labute approximate surface area is 94.3 Å². The molecular formula is C12H13N3O. The molecule has 0 saturated heterocycles. The van der Waals surface area contributed by atoms with Crippen molar-refractivity contribution in [1.82, 2.24) is 5.32 Å². The van der Waals surface area contributed by atoms with Crippen LogP contribution in [0.5, 0.6) is 0 Å². The van der Waals surface area contributed by atoms with Gasteiger partial charge in [0.1, 0.15) is 6.42 Å². The monoisotopic (exact) mass is 215 g/mol. The minimum atomic E-state index is -0.241. The normalized spacial score (nSPS) is 13.7. The lowest BCUT2D eigenvalue weighted by Gasteiger charge is -2.20. The van der Waals surface area contributed by atoms with Crippen molar-refractivity contribution in [3.05, 3.63) is 29.3 Å². The maximum atomic E-state index is 11.3. The molecule has 1 heterocycles. The summed E-state index contributed by atoms with van der Waals surface area (Å²) >= 11 is 0. The first-order valence-corrected chi connectivity index (χ1v) is 5.29. The summed E-state index contributed by atoms with van der Waals surface area (Å²) in [4.78, 5) is 11.3. The van der Waals surface area contributed by atoms with Gasteiger partial charge in [0.15, 0.2) is 0 Å². The van der Waals surface area contributed by atoms with E-state index in [2.05, 4.69) is 16.7 Å². The Morgan fingerprint density at radius 2 is 2.44 bits per heavy atom. The van der Waals surface area contributed by atoms with E-state index in [1.165, 1.54) is 11.1 Å². The van der Waals surface area contributed by atoms with Gasteiger partial charge in [-0.25, -0.2) is 0 Å². The summed E-state index contributed by atoms with van der Waals surface area (Å²) in [6.45, 7) is 1.77. The van der Waals surface area contributed by atoms with E-state index in [0.29, 0.717) is 0 Å². The maximum absolute atomic E-state index is 11.3. The molecule has 1 aliphatic heterocycles. The second-order valence-electron chi connectivity index (χ2n) is 3.75. The van der Waals surface area contributed by atoms with Crippen molar-refractivity contribution in [1.29, 1.82) is 5.26 Å². The average molecular weight is 215 g/mol. The summed E-state index contributed by atoms with van der Waals surface area (Å²) < 4.78 is 0. The first-order valence-electron chi connectivity index (χ1n) is 5.29. The molecule has 1 aromatic rings. The quantitative estimate of drug-likeness (QED) is 0.778. The van der Waals surface area contributed by atoms with Gasteiger partial charge in [-0.15, -0.1) is 0 Å². The molecular weight excluding hydrogens is 202 g/mol. The maximum Gasteiger partial charge on any atom is 0.238 e. The number of carbonyl (C=O) groups excluding carboxylic acids is 1. The molecule has 1 aromatic carbocycles. The smallest absolute Gasteiger partial charge is 0.238 e. The van der Waals surface area contributed by atoms with Crippen molar-refractivity contribution in [3.8, 4) is 6.07 Å². The van der Waals surface area contributed by atoms with Gasteiger partial charge in [0.2, 0.25) is 5.91 Å². The van der Waals surface area contributed by atoms with Crippen molar-refractivity contribution < 1.29 is 4.79 Å². The number of rotatable bonds is 2. The zero-order valence-electron chi connectivity index (χ0n) is 8.92. The van der Waals surface area contributed by atoms with Crippen LogP contribution in [-0.4, -0.2) is 12.5 Å². The van der Waals surface area contributed by atoms with Crippen LogP contribution in [0.4, 0.5) is 5.69 Å². The molecule has 0 radical (unpaired) electrons. The number of benzene rings is 1. The van der Waals surface area contributed by atoms with Gasteiger partial charge in [-0.3, -0.25) is 4.79 Å². The van der Waals surface area contributed by atoms with E-state index >= 15 is 0 Å². The number of nitriles is 1. The number of anilines is 1. The fourth-order valence-electron chi connectivity index (χ4n) is 1.92. The summed E-state index contributed by atoms with van der Waals surface area (Å²) in [5, 5.41) is 14.5. The number of hydrogen-bond acceptors (Lipinski definition) is 3. The molecule has 1 amide bonds. The second-order valence-corrected chi connectivity index (χ2v) is 3.75. The molecule has 82 valence electrons. The van der Waals surface area contributed by atoms with E-state index in [1.807, 2.05) is 18.2 Å². The molecule has 0 aromatic heterocycles. The lowest BCUT2D eigenvalue weighted by molar-refractivity contribution is -0.115. The number of amides is 1. The Hall–Kier alpha value is -1.86. The van der Waals surface area contributed by atoms with Crippen LogP contribution in [0.2, 0.25) is 0 Å². The Morgan fingerprint density at radius 1 is 1.56 bits per heavy atom. The Balaban J connectivity index is 2.21. The number of nitrogens with one attached hydrogen (secondary N) is 2. The molecule has 0 spiro atoms. The molecule has 2 N–H and O–H groups in total. The van der Waals surface area contributed by atoms with Crippen molar-refractivity contribution >= 4 is 11.6 Å². The zero-order chi connectivity index (χ0) is 11.4. The van der Waals surface area contributed by atoms with E-state index in [9.17, 15) is 4.79 Å². The number of carbonyl (C=O) groups is 1. The van der Waals surface area contributed by atoms with Gasteiger partial charge in [-0.05, 0) is 30.2 Å². The van der Waals surface area contributed by atoms with Crippen molar-refractivity contribution in [2.24, 2.45) is 0 Å². The van der Waals surface area contributed by atoms with Crippen LogP contribution < -0.4 is 10.6 Å². The Morgan fingerprint density at radius 3 is 3.25 bits per heavy atom. The fraction of sp³-hybridized carbons (Fsp3) is 0.333. The lowest BCUT2D eigenvalue weighted by Crippen LogP contribution is -2.25. The molecule has 16 heavy (non-hydrogen) atoms. The van der Waals surface area contributed by atoms with Gasteiger partial charge in [-0.1, -0.05) is 12.1 Å². The third kappa shape index (κ3) is 2.20. The third-order valence-electron chi connectivity index (χ3n) is 2.65. The number of fused-ring (bicyclic) bond motifs is 1. The van der Waals surface area contributed by atoms with Crippen molar-refractivity contribution in [2.45, 2.75) is 19.4 Å². The van der Waals surface area contributed by atoms with Crippen LogP contribution >= 0.6 is 0 Å². The highest BCUT2D eigenvalue weighted by atomic mass is 16.1. The highest BCUT2D eigenvalue weighted by Crippen LogP contribution is 2.23. The number of hydrogen-bond donors (Lipinski definition) is 2. The van der Waals surface area contributed by atoms with E-state index in [0.717, 1.165) is 25.2 Å². The molecule has 4 heteroatoms. The molecule has 0 saturated carbocycles. The van der Waals surface area contributed by atoms with Crippen molar-refractivity contribution in [3.63, 3.8) is 0 Å². The predicted octanol–water partition coefficient (Wildman–Crippen LogP) is 1.18. The minimum Gasteiger partial charge on any atom is -0.325 e. The molecule has 0 atom stereocenters. The second kappa shape index (κ2) is 4.77. The first-order chi connectivity index (χ1) is 7.81. The zero-order valence-corrected chi connectivity index (χ0v) is 8.92. The largest absolute Gasteiger partial charge is 0.325 e. The molecule has 0 fully saturated rings. The van der Waals surface area contributed by atoms with Crippen LogP contribution in [0, 0.1) is 11.3 Å². The molecule has 2 rings (SSSR count). The van der Waals surface area contributed by atoms with Crippen LogP contribution in [-0.2, 0) is 17.8 Å². The molecule has 4 nitrogen and oxygen atoms in total. The summed E-state index contributed by atoms with van der Waals surface area (Å²) in [5.41, 5.74) is 3.26. The molecule has 0 unspecified atom stereocenters. The molecule has 0 bridgehead atoms. The standard InChI is InChI=1S/C12H13N3O/c13-6-4-12(16)15-11-3-1-2-9-8-14-7-5-10(9)11/h1-3,14H,4-5,7-8H2,(H,15,16). The van der Waals surface area contributed by atoms with Crippen LogP contribution in [0.1, 0.15) is 17.5 Å². The summed E-state index contributed by atoms with van der Waals surface area (Å²) in [7, 11) is 0. The number of nitrogens with zero attached hydrogens (tertiary/aromatic N) is 1. The third-order valence-corrected chi connectivity index (χ3v) is 2.65. The van der Waals surface area contributed by atoms with Gasteiger partial charge >= 0.3 is 0 Å². The van der Waals surface area contributed by atoms with E-state index in [-0.39, 0.29) is 12.3 Å². The lowest BCUT2D eigenvalue weighted by atomic mass is 9.99. The van der Waals surface area contributed by atoms with Crippen LogP contribution in [0.25, 0.3) is 0 Å². The van der Waals surface area contributed by atoms with Crippen LogP contribution in [0.15, 0.2) is 18.2 Å². The van der Waals surface area contributed by atoms with Crippen molar-refractivity contribution in [2.75, 3.05) is 11.9 Å². The highest BCUT2D eigenvalue weighted by molar-refractivity contribution is 5.93. The summed E-state index contributed by atoms with van der Waals surface area (Å²) in [6.07, 6.45) is 0.820. The molecule has 0 aliphatic carbocycles. The van der Waals surface area contributed by atoms with Gasteiger partial charge in [-0.2, -0.15) is 5.26 Å². The minimum absolute atomic E-state index is 0.0953. The van der Waals surface area contributed by atoms with Gasteiger partial charge in [0, 0.05) is 12.2 Å². The van der Waals surface area contributed by atoms with Crippen LogP contribution in [0.3, 0.4) is 0 Å².